The van der Waals surface area contributed by atoms with Gasteiger partial charge in [-0.3, -0.25) is 9.69 Å². The van der Waals surface area contributed by atoms with Crippen molar-refractivity contribution in [2.24, 2.45) is 0 Å². The molecule has 0 amide bonds. The summed E-state index contributed by atoms with van der Waals surface area (Å²) in [5.41, 5.74) is 1.13. The van der Waals surface area contributed by atoms with E-state index < -0.39 is 0 Å². The predicted octanol–water partition coefficient (Wildman–Crippen LogP) is 2.04. The smallest absolute Gasteiger partial charge is 0.144 e. The van der Waals surface area contributed by atoms with Crippen LogP contribution in [0.4, 0.5) is 4.39 Å². The van der Waals surface area contributed by atoms with E-state index in [4.69, 9.17) is 0 Å². The maximum absolute atomic E-state index is 12.8. The van der Waals surface area contributed by atoms with E-state index in [0.717, 1.165) is 38.0 Å². The van der Waals surface area contributed by atoms with Crippen LogP contribution in [-0.4, -0.2) is 41.8 Å². The number of piperazine rings is 1. The number of rotatable bonds is 4. The average Bonchev–Trinajstić information content (AvgIpc) is 2.41. The van der Waals surface area contributed by atoms with Gasteiger partial charge >= 0.3 is 0 Å². The number of carbonyl (C=O) groups is 1. The molecule has 0 bridgehead atoms. The summed E-state index contributed by atoms with van der Waals surface area (Å²) in [6, 6.07) is 7.05. The van der Waals surface area contributed by atoms with Gasteiger partial charge in [-0.1, -0.05) is 12.1 Å². The molecule has 1 heterocycles. The van der Waals surface area contributed by atoms with Gasteiger partial charge in [0.05, 0.1) is 0 Å². The third kappa shape index (κ3) is 3.89. The van der Waals surface area contributed by atoms with Crippen LogP contribution in [-0.2, 0) is 11.3 Å². The second kappa shape index (κ2) is 6.48. The Morgan fingerprint density at radius 2 is 2.05 bits per heavy atom. The molecule has 0 spiro atoms. The quantitative estimate of drug-likeness (QED) is 0.613. The van der Waals surface area contributed by atoms with E-state index in [9.17, 15) is 9.18 Å². The molecule has 1 aromatic rings. The average molecular weight is 262 g/mol. The van der Waals surface area contributed by atoms with Gasteiger partial charge in [0.15, 0.2) is 0 Å². The van der Waals surface area contributed by atoms with Crippen LogP contribution in [0.5, 0.6) is 0 Å². The minimum atomic E-state index is -0.194. The predicted molar refractivity (Wildman–Crippen MR) is 73.0 cm³/mol. The molecule has 0 N–H and O–H groups in total. The van der Waals surface area contributed by atoms with Gasteiger partial charge in [-0.2, -0.15) is 0 Å². The zero-order valence-electron chi connectivity index (χ0n) is 11.1. The number of carbonyl (C=O) groups excluding carboxylic acids is 1. The van der Waals surface area contributed by atoms with E-state index in [2.05, 4.69) is 16.7 Å². The van der Waals surface area contributed by atoms with Crippen molar-refractivity contribution in [3.05, 3.63) is 47.9 Å². The van der Waals surface area contributed by atoms with Crippen molar-refractivity contribution in [2.75, 3.05) is 19.6 Å². The molecule has 1 fully saturated rings. The minimum absolute atomic E-state index is 0.194. The first kappa shape index (κ1) is 13.7. The van der Waals surface area contributed by atoms with E-state index in [1.54, 1.807) is 0 Å². The number of hydrogen-bond acceptors (Lipinski definition) is 3. The highest BCUT2D eigenvalue weighted by molar-refractivity contribution is 5.64. The Morgan fingerprint density at radius 1 is 1.32 bits per heavy atom. The van der Waals surface area contributed by atoms with E-state index in [-0.39, 0.29) is 5.82 Å². The van der Waals surface area contributed by atoms with Crippen molar-refractivity contribution in [1.29, 1.82) is 0 Å². The zero-order chi connectivity index (χ0) is 13.7. The maximum Gasteiger partial charge on any atom is 0.144 e. The standard InChI is InChI=1S/C15H19FN2O/c1-13-11-17(8-9-18(13)7-2-10-19)12-14-3-5-15(16)6-4-14/h2-7,10,13H,8-9,11-12H2,1H3/b7-2+. The lowest BCUT2D eigenvalue weighted by molar-refractivity contribution is -0.104. The molecule has 2 rings (SSSR count). The highest BCUT2D eigenvalue weighted by atomic mass is 19.1. The van der Waals surface area contributed by atoms with E-state index >= 15 is 0 Å². The summed E-state index contributed by atoms with van der Waals surface area (Å²) in [7, 11) is 0. The Hall–Kier alpha value is -1.68. The molecule has 102 valence electrons. The SMILES string of the molecule is CC1CN(Cc2ccc(F)cc2)CCN1/C=C/C=O. The van der Waals surface area contributed by atoms with E-state index in [1.807, 2.05) is 18.3 Å². The summed E-state index contributed by atoms with van der Waals surface area (Å²) in [5, 5.41) is 0. The fourth-order valence-corrected chi connectivity index (χ4v) is 2.41. The van der Waals surface area contributed by atoms with E-state index in [0.29, 0.717) is 6.04 Å². The Kier molecular flexibility index (Phi) is 4.68. The third-order valence-corrected chi connectivity index (χ3v) is 3.44. The molecule has 1 saturated heterocycles. The molecule has 1 aliphatic rings. The second-order valence-electron chi connectivity index (χ2n) is 4.93. The molecular formula is C15H19FN2O. The van der Waals surface area contributed by atoms with E-state index in [1.165, 1.54) is 18.2 Å². The highest BCUT2D eigenvalue weighted by Gasteiger charge is 2.21. The van der Waals surface area contributed by atoms with Crippen LogP contribution in [0.2, 0.25) is 0 Å². The molecule has 0 aliphatic carbocycles. The minimum Gasteiger partial charge on any atom is -0.372 e. The summed E-state index contributed by atoms with van der Waals surface area (Å²) >= 11 is 0. The van der Waals surface area contributed by atoms with Crippen molar-refractivity contribution in [2.45, 2.75) is 19.5 Å². The first-order chi connectivity index (χ1) is 9.19. The largest absolute Gasteiger partial charge is 0.372 e. The molecule has 3 nitrogen and oxygen atoms in total. The first-order valence-electron chi connectivity index (χ1n) is 6.53. The van der Waals surface area contributed by atoms with Gasteiger partial charge in [0.2, 0.25) is 0 Å². The molecule has 4 heteroatoms. The van der Waals surface area contributed by atoms with Crippen molar-refractivity contribution in [1.82, 2.24) is 9.80 Å². The lowest BCUT2D eigenvalue weighted by Gasteiger charge is -2.39. The highest BCUT2D eigenvalue weighted by Crippen LogP contribution is 2.13. The van der Waals surface area contributed by atoms with Crippen LogP contribution >= 0.6 is 0 Å². The first-order valence-corrected chi connectivity index (χ1v) is 6.53. The fourth-order valence-electron chi connectivity index (χ4n) is 2.41. The second-order valence-corrected chi connectivity index (χ2v) is 4.93. The van der Waals surface area contributed by atoms with Crippen molar-refractivity contribution in [3.8, 4) is 0 Å². The summed E-state index contributed by atoms with van der Waals surface area (Å²) in [6.07, 6.45) is 4.19. The monoisotopic (exact) mass is 262 g/mol. The molecular weight excluding hydrogens is 243 g/mol. The third-order valence-electron chi connectivity index (χ3n) is 3.44. The van der Waals surface area contributed by atoms with Crippen LogP contribution in [0.15, 0.2) is 36.5 Å². The van der Waals surface area contributed by atoms with Crippen LogP contribution in [0, 0.1) is 5.82 Å². The molecule has 1 unspecified atom stereocenters. The molecule has 1 aliphatic heterocycles. The lowest BCUT2D eigenvalue weighted by atomic mass is 10.1. The molecule has 19 heavy (non-hydrogen) atoms. The summed E-state index contributed by atoms with van der Waals surface area (Å²) in [6.45, 7) is 5.79. The van der Waals surface area contributed by atoms with Crippen LogP contribution < -0.4 is 0 Å². The van der Waals surface area contributed by atoms with Crippen LogP contribution in [0.1, 0.15) is 12.5 Å². The molecule has 1 aromatic carbocycles. The van der Waals surface area contributed by atoms with Gasteiger partial charge in [-0.25, -0.2) is 4.39 Å². The zero-order valence-corrected chi connectivity index (χ0v) is 11.1. The van der Waals surface area contributed by atoms with Gasteiger partial charge in [0.25, 0.3) is 0 Å². The summed E-state index contributed by atoms with van der Waals surface area (Å²) < 4.78 is 12.8. The Labute approximate surface area is 113 Å². The number of allylic oxidation sites excluding steroid dienone is 1. The maximum atomic E-state index is 12.8. The van der Waals surface area contributed by atoms with Gasteiger partial charge in [-0.15, -0.1) is 0 Å². The molecule has 0 saturated carbocycles. The van der Waals surface area contributed by atoms with Crippen molar-refractivity contribution < 1.29 is 9.18 Å². The van der Waals surface area contributed by atoms with Gasteiger partial charge in [0.1, 0.15) is 12.1 Å². The molecule has 0 radical (unpaired) electrons. The summed E-state index contributed by atoms with van der Waals surface area (Å²) in [4.78, 5) is 14.9. The number of hydrogen-bond donors (Lipinski definition) is 0. The van der Waals surface area contributed by atoms with Crippen LogP contribution in [0.3, 0.4) is 0 Å². The topological polar surface area (TPSA) is 23.6 Å². The van der Waals surface area contributed by atoms with Gasteiger partial charge < -0.3 is 4.90 Å². The van der Waals surface area contributed by atoms with Crippen molar-refractivity contribution >= 4 is 6.29 Å². The summed E-state index contributed by atoms with van der Waals surface area (Å²) in [5.74, 6) is -0.194. The number of halogens is 1. The lowest BCUT2D eigenvalue weighted by Crippen LogP contribution is -2.49. The Morgan fingerprint density at radius 3 is 2.68 bits per heavy atom. The fraction of sp³-hybridized carbons (Fsp3) is 0.400. The molecule has 0 aromatic heterocycles. The number of benzene rings is 1. The van der Waals surface area contributed by atoms with Gasteiger partial charge in [0, 0.05) is 38.4 Å². The van der Waals surface area contributed by atoms with Gasteiger partial charge in [-0.05, 0) is 30.7 Å². The normalized spacial score (nSPS) is 20.9. The van der Waals surface area contributed by atoms with Crippen molar-refractivity contribution in [3.63, 3.8) is 0 Å². The number of aldehydes is 1. The Bertz CT molecular complexity index is 444. The molecule has 1 atom stereocenters. The Balaban J connectivity index is 1.89. The number of nitrogens with zero attached hydrogens (tertiary/aromatic N) is 2. The van der Waals surface area contributed by atoms with Crippen LogP contribution in [0.25, 0.3) is 0 Å².